The Bertz CT molecular complexity index is 293. The largest absolute Gasteiger partial charge is 0.327 e. The van der Waals surface area contributed by atoms with Crippen molar-refractivity contribution in [2.75, 3.05) is 19.6 Å². The van der Waals surface area contributed by atoms with Gasteiger partial charge >= 0.3 is 0 Å². The van der Waals surface area contributed by atoms with Crippen molar-refractivity contribution in [1.29, 1.82) is 0 Å². The van der Waals surface area contributed by atoms with Crippen LogP contribution in [0.25, 0.3) is 0 Å². The Labute approximate surface area is 112 Å². The summed E-state index contributed by atoms with van der Waals surface area (Å²) in [6.45, 7) is 8.64. The van der Waals surface area contributed by atoms with Gasteiger partial charge in [0, 0.05) is 37.3 Å². The maximum Gasteiger partial charge on any atom is 0.0266 e. The highest BCUT2D eigenvalue weighted by atomic mass is 15.3. The molecule has 0 aliphatic carbocycles. The molecule has 0 bridgehead atoms. The molecule has 18 heavy (non-hydrogen) atoms. The van der Waals surface area contributed by atoms with Gasteiger partial charge in [-0.05, 0) is 45.1 Å². The minimum atomic E-state index is 0.417. The summed E-state index contributed by atoms with van der Waals surface area (Å²) in [5.74, 6) is 0.649. The van der Waals surface area contributed by atoms with E-state index in [-0.39, 0.29) is 0 Å². The molecule has 0 spiro atoms. The lowest BCUT2D eigenvalue weighted by Gasteiger charge is -2.47. The highest BCUT2D eigenvalue weighted by Crippen LogP contribution is 2.34. The summed E-state index contributed by atoms with van der Waals surface area (Å²) >= 11 is 0. The maximum absolute atomic E-state index is 6.22. The second-order valence-corrected chi connectivity index (χ2v) is 6.75. The Balaban J connectivity index is 1.71. The summed E-state index contributed by atoms with van der Waals surface area (Å²) in [6, 6.07) is 2.75. The number of hydrogen-bond donors (Lipinski definition) is 1. The summed E-state index contributed by atoms with van der Waals surface area (Å²) in [5, 5.41) is 0. The van der Waals surface area contributed by atoms with Crippen molar-refractivity contribution in [3.8, 4) is 0 Å². The van der Waals surface area contributed by atoms with Crippen LogP contribution in [0.3, 0.4) is 0 Å². The molecule has 3 rings (SSSR count). The van der Waals surface area contributed by atoms with E-state index in [2.05, 4.69) is 23.6 Å². The van der Waals surface area contributed by atoms with E-state index >= 15 is 0 Å². The minimum Gasteiger partial charge on any atom is -0.327 e. The van der Waals surface area contributed by atoms with Gasteiger partial charge in [0.15, 0.2) is 0 Å². The van der Waals surface area contributed by atoms with Crippen molar-refractivity contribution >= 4 is 0 Å². The first-order chi connectivity index (χ1) is 8.68. The molecule has 3 saturated heterocycles. The molecule has 5 atom stereocenters. The highest BCUT2D eigenvalue weighted by molar-refractivity contribution is 4.99. The Morgan fingerprint density at radius 1 is 0.889 bits per heavy atom. The predicted octanol–water partition coefficient (Wildman–Crippen LogP) is 1.67. The third-order valence-corrected chi connectivity index (χ3v) is 5.93. The van der Waals surface area contributed by atoms with Crippen LogP contribution in [-0.2, 0) is 0 Å². The molecule has 0 aromatic heterocycles. The van der Waals surface area contributed by atoms with E-state index in [9.17, 15) is 0 Å². The van der Waals surface area contributed by atoms with Crippen molar-refractivity contribution in [3.05, 3.63) is 0 Å². The molecule has 3 heterocycles. The Hall–Kier alpha value is -0.120. The summed E-state index contributed by atoms with van der Waals surface area (Å²) < 4.78 is 0. The molecule has 3 aliphatic heterocycles. The van der Waals surface area contributed by atoms with Crippen molar-refractivity contribution in [2.45, 2.75) is 70.1 Å². The third-order valence-electron chi connectivity index (χ3n) is 5.93. The van der Waals surface area contributed by atoms with E-state index < -0.39 is 0 Å². The fourth-order valence-electron chi connectivity index (χ4n) is 4.50. The first-order valence-corrected chi connectivity index (χ1v) is 7.94. The Morgan fingerprint density at radius 2 is 1.72 bits per heavy atom. The maximum atomic E-state index is 6.22. The molecule has 2 N–H and O–H groups in total. The van der Waals surface area contributed by atoms with Crippen LogP contribution >= 0.6 is 0 Å². The van der Waals surface area contributed by atoms with Gasteiger partial charge in [0.2, 0.25) is 0 Å². The number of hydrogen-bond acceptors (Lipinski definition) is 3. The molecule has 104 valence electrons. The zero-order chi connectivity index (χ0) is 12.7. The van der Waals surface area contributed by atoms with Crippen LogP contribution in [0.1, 0.15) is 46.0 Å². The van der Waals surface area contributed by atoms with Gasteiger partial charge in [-0.1, -0.05) is 13.3 Å². The number of nitrogens with zero attached hydrogens (tertiary/aromatic N) is 2. The summed E-state index contributed by atoms with van der Waals surface area (Å²) in [6.07, 6.45) is 6.86. The van der Waals surface area contributed by atoms with Gasteiger partial charge in [-0.25, -0.2) is 0 Å². The van der Waals surface area contributed by atoms with Gasteiger partial charge in [0.25, 0.3) is 0 Å². The first-order valence-electron chi connectivity index (χ1n) is 7.94. The smallest absolute Gasteiger partial charge is 0.0266 e. The number of piperidine rings is 2. The van der Waals surface area contributed by atoms with Gasteiger partial charge in [-0.15, -0.1) is 0 Å². The minimum absolute atomic E-state index is 0.417. The van der Waals surface area contributed by atoms with E-state index in [1.165, 1.54) is 51.7 Å². The van der Waals surface area contributed by atoms with E-state index in [1.54, 1.807) is 0 Å². The van der Waals surface area contributed by atoms with Crippen LogP contribution in [0.15, 0.2) is 0 Å². The topological polar surface area (TPSA) is 32.5 Å². The lowest BCUT2D eigenvalue weighted by Crippen LogP contribution is -2.58. The number of likely N-dealkylation sites (tertiary alicyclic amines) is 1. The van der Waals surface area contributed by atoms with Crippen LogP contribution in [0.5, 0.6) is 0 Å². The second-order valence-electron chi connectivity index (χ2n) is 6.75. The predicted molar refractivity (Wildman–Crippen MR) is 75.5 cm³/mol. The zero-order valence-corrected chi connectivity index (χ0v) is 12.0. The summed E-state index contributed by atoms with van der Waals surface area (Å²) in [5.41, 5.74) is 6.22. The molecule has 5 unspecified atom stereocenters. The Kier molecular flexibility index (Phi) is 3.65. The molecule has 0 aromatic rings. The fraction of sp³-hybridized carbons (Fsp3) is 1.00. The van der Waals surface area contributed by atoms with Crippen LogP contribution in [0.2, 0.25) is 0 Å². The molecule has 0 amide bonds. The van der Waals surface area contributed by atoms with E-state index in [4.69, 9.17) is 5.73 Å². The normalized spacial score (nSPS) is 47.2. The van der Waals surface area contributed by atoms with Gasteiger partial charge in [0.1, 0.15) is 0 Å². The first kappa shape index (κ1) is 12.9. The van der Waals surface area contributed by atoms with Crippen LogP contribution in [0.4, 0.5) is 0 Å². The number of nitrogens with two attached hydrogens (primary N) is 1. The van der Waals surface area contributed by atoms with E-state index in [0.717, 1.165) is 12.1 Å². The molecule has 3 fully saturated rings. The fourth-order valence-corrected chi connectivity index (χ4v) is 4.50. The second kappa shape index (κ2) is 5.10. The van der Waals surface area contributed by atoms with Gasteiger partial charge in [-0.2, -0.15) is 0 Å². The van der Waals surface area contributed by atoms with Crippen LogP contribution < -0.4 is 5.73 Å². The summed E-state index contributed by atoms with van der Waals surface area (Å²) in [4.78, 5) is 5.55. The van der Waals surface area contributed by atoms with Crippen molar-refractivity contribution in [2.24, 2.45) is 11.7 Å². The van der Waals surface area contributed by atoms with Crippen molar-refractivity contribution in [1.82, 2.24) is 9.80 Å². The van der Waals surface area contributed by atoms with E-state index in [0.29, 0.717) is 18.0 Å². The van der Waals surface area contributed by atoms with Crippen molar-refractivity contribution in [3.63, 3.8) is 0 Å². The SMILES string of the molecule is CC1C(N)CCN(C2CCN3CCCCC23)C1C. The quantitative estimate of drug-likeness (QED) is 0.769. The highest BCUT2D eigenvalue weighted by Gasteiger charge is 2.42. The summed E-state index contributed by atoms with van der Waals surface area (Å²) in [7, 11) is 0. The molecule has 3 nitrogen and oxygen atoms in total. The molecule has 3 heteroatoms. The molecular weight excluding hydrogens is 222 g/mol. The van der Waals surface area contributed by atoms with Crippen LogP contribution in [-0.4, -0.2) is 53.6 Å². The van der Waals surface area contributed by atoms with Crippen molar-refractivity contribution < 1.29 is 0 Å². The van der Waals surface area contributed by atoms with Gasteiger partial charge in [0.05, 0.1) is 0 Å². The number of rotatable bonds is 1. The van der Waals surface area contributed by atoms with Crippen LogP contribution in [0, 0.1) is 5.92 Å². The monoisotopic (exact) mass is 251 g/mol. The Morgan fingerprint density at radius 3 is 2.56 bits per heavy atom. The molecule has 0 radical (unpaired) electrons. The third kappa shape index (κ3) is 2.10. The van der Waals surface area contributed by atoms with Gasteiger partial charge in [-0.3, -0.25) is 9.80 Å². The standard InChI is InChI=1S/C15H29N3/c1-11-12(2)18(10-6-13(11)16)15-7-9-17-8-4-3-5-14(15)17/h11-15H,3-10,16H2,1-2H3. The molecule has 3 aliphatic rings. The number of fused-ring (bicyclic) bond motifs is 1. The molecule has 0 saturated carbocycles. The molecular formula is C15H29N3. The van der Waals surface area contributed by atoms with E-state index in [1.807, 2.05) is 0 Å². The zero-order valence-electron chi connectivity index (χ0n) is 12.0. The average Bonchev–Trinajstić information content (AvgIpc) is 2.80. The lowest BCUT2D eigenvalue weighted by atomic mass is 9.85. The average molecular weight is 251 g/mol. The van der Waals surface area contributed by atoms with Gasteiger partial charge < -0.3 is 5.73 Å². The lowest BCUT2D eigenvalue weighted by molar-refractivity contribution is 0.0312. The molecule has 0 aromatic carbocycles.